The van der Waals surface area contributed by atoms with E-state index in [1.807, 2.05) is 30.6 Å². The molecular weight excluding hydrogens is 248 g/mol. The van der Waals surface area contributed by atoms with Crippen LogP contribution in [0.5, 0.6) is 5.75 Å². The third-order valence-electron chi connectivity index (χ3n) is 4.39. The molecule has 20 heavy (non-hydrogen) atoms. The molecule has 2 N–H and O–H groups in total. The van der Waals surface area contributed by atoms with Crippen molar-refractivity contribution in [2.24, 2.45) is 5.92 Å². The fraction of sp³-hybridized carbons (Fsp3) is 0.235. The fourth-order valence-electron chi connectivity index (χ4n) is 3.47. The molecule has 3 atom stereocenters. The van der Waals surface area contributed by atoms with E-state index in [9.17, 15) is 5.11 Å². The maximum absolute atomic E-state index is 9.73. The lowest BCUT2D eigenvalue weighted by Gasteiger charge is -2.37. The number of phenols is 1. The number of allylic oxidation sites excluding steroid dienone is 2. The van der Waals surface area contributed by atoms with E-state index >= 15 is 0 Å². The van der Waals surface area contributed by atoms with E-state index in [4.69, 9.17) is 0 Å². The zero-order valence-electron chi connectivity index (χ0n) is 11.0. The number of rotatable bonds is 1. The number of anilines is 1. The van der Waals surface area contributed by atoms with Gasteiger partial charge in [-0.05, 0) is 47.7 Å². The Labute approximate surface area is 118 Å². The standard InChI is InChI=1S/C17H16N2O/c20-12-6-7-16-15(9-12)13-4-1-5-14(13)17(19-16)11-3-2-8-18-10-11/h1-4,6-10,13-14,17,19-20H,5H2. The molecule has 3 nitrogen and oxygen atoms in total. The van der Waals surface area contributed by atoms with Crippen LogP contribution in [0.4, 0.5) is 5.69 Å². The maximum Gasteiger partial charge on any atom is 0.116 e. The van der Waals surface area contributed by atoms with Crippen molar-refractivity contribution in [2.45, 2.75) is 18.4 Å². The van der Waals surface area contributed by atoms with Gasteiger partial charge in [0.05, 0.1) is 6.04 Å². The average Bonchev–Trinajstić information content (AvgIpc) is 2.97. The number of pyridine rings is 1. The number of nitrogens with one attached hydrogen (secondary N) is 1. The van der Waals surface area contributed by atoms with E-state index in [-0.39, 0.29) is 6.04 Å². The highest BCUT2D eigenvalue weighted by Gasteiger charge is 2.37. The van der Waals surface area contributed by atoms with Crippen molar-refractivity contribution in [3.8, 4) is 5.75 Å². The molecule has 0 amide bonds. The zero-order valence-corrected chi connectivity index (χ0v) is 11.0. The summed E-state index contributed by atoms with van der Waals surface area (Å²) in [6.07, 6.45) is 9.33. The Morgan fingerprint density at radius 3 is 3.05 bits per heavy atom. The summed E-state index contributed by atoms with van der Waals surface area (Å²) >= 11 is 0. The fourth-order valence-corrected chi connectivity index (χ4v) is 3.47. The first-order chi connectivity index (χ1) is 9.83. The predicted molar refractivity (Wildman–Crippen MR) is 78.7 cm³/mol. The number of phenolic OH excluding ortho intramolecular Hbond substituents is 1. The number of fused-ring (bicyclic) bond motifs is 3. The SMILES string of the molecule is Oc1ccc2c(c1)C1C=CCC1C(c1cccnc1)N2. The topological polar surface area (TPSA) is 45.2 Å². The molecule has 1 aromatic heterocycles. The van der Waals surface area contributed by atoms with Crippen molar-refractivity contribution in [1.82, 2.24) is 4.98 Å². The summed E-state index contributed by atoms with van der Waals surface area (Å²) in [5.41, 5.74) is 3.54. The lowest BCUT2D eigenvalue weighted by Crippen LogP contribution is -2.29. The molecule has 2 heterocycles. The molecule has 3 heteroatoms. The Balaban J connectivity index is 1.80. The Morgan fingerprint density at radius 2 is 2.20 bits per heavy atom. The molecule has 1 aromatic carbocycles. The van der Waals surface area contributed by atoms with Crippen molar-refractivity contribution in [1.29, 1.82) is 0 Å². The predicted octanol–water partition coefficient (Wildman–Crippen LogP) is 3.61. The van der Waals surface area contributed by atoms with E-state index < -0.39 is 0 Å². The smallest absolute Gasteiger partial charge is 0.116 e. The van der Waals surface area contributed by atoms with Gasteiger partial charge in [-0.1, -0.05) is 18.2 Å². The summed E-state index contributed by atoms with van der Waals surface area (Å²) in [4.78, 5) is 4.24. The van der Waals surface area contributed by atoms with Crippen LogP contribution >= 0.6 is 0 Å². The van der Waals surface area contributed by atoms with Gasteiger partial charge >= 0.3 is 0 Å². The molecule has 0 saturated carbocycles. The van der Waals surface area contributed by atoms with E-state index in [1.54, 1.807) is 6.07 Å². The van der Waals surface area contributed by atoms with Crippen LogP contribution in [0.15, 0.2) is 54.9 Å². The van der Waals surface area contributed by atoms with Crippen molar-refractivity contribution in [3.05, 3.63) is 66.0 Å². The van der Waals surface area contributed by atoms with Gasteiger partial charge in [-0.3, -0.25) is 4.98 Å². The van der Waals surface area contributed by atoms with Crippen LogP contribution in [0.25, 0.3) is 0 Å². The van der Waals surface area contributed by atoms with Crippen LogP contribution in [0.2, 0.25) is 0 Å². The number of aromatic hydroxyl groups is 1. The molecule has 0 saturated heterocycles. The summed E-state index contributed by atoms with van der Waals surface area (Å²) in [5, 5.41) is 13.4. The van der Waals surface area contributed by atoms with Crippen LogP contribution in [0.1, 0.15) is 29.5 Å². The monoisotopic (exact) mass is 264 g/mol. The normalized spacial score (nSPS) is 26.7. The number of hydrogen-bond donors (Lipinski definition) is 2. The minimum absolute atomic E-state index is 0.278. The summed E-state index contributed by atoms with van der Waals surface area (Å²) in [6.45, 7) is 0. The van der Waals surface area contributed by atoms with Crippen LogP contribution in [-0.2, 0) is 0 Å². The molecule has 0 radical (unpaired) electrons. The van der Waals surface area contributed by atoms with Crippen molar-refractivity contribution in [3.63, 3.8) is 0 Å². The Hall–Kier alpha value is -2.29. The number of nitrogens with zero attached hydrogens (tertiary/aromatic N) is 1. The first-order valence-corrected chi connectivity index (χ1v) is 6.99. The highest BCUT2D eigenvalue weighted by molar-refractivity contribution is 5.61. The van der Waals surface area contributed by atoms with Gasteiger partial charge in [0.15, 0.2) is 0 Å². The first kappa shape index (κ1) is 11.5. The second kappa shape index (κ2) is 4.37. The van der Waals surface area contributed by atoms with Gasteiger partial charge in [0.2, 0.25) is 0 Å². The zero-order chi connectivity index (χ0) is 13.5. The molecule has 0 bridgehead atoms. The van der Waals surface area contributed by atoms with Gasteiger partial charge in [-0.15, -0.1) is 0 Å². The molecule has 0 spiro atoms. The van der Waals surface area contributed by atoms with E-state index in [2.05, 4.69) is 28.5 Å². The molecule has 2 aromatic rings. The third-order valence-corrected chi connectivity index (χ3v) is 4.39. The molecule has 1 aliphatic heterocycles. The number of hydrogen-bond acceptors (Lipinski definition) is 3. The Kier molecular flexibility index (Phi) is 2.52. The molecule has 1 aliphatic carbocycles. The summed E-state index contributed by atoms with van der Waals surface area (Å²) in [5.74, 6) is 1.21. The molecular formula is C17H16N2O. The maximum atomic E-state index is 9.73. The van der Waals surface area contributed by atoms with Crippen LogP contribution in [-0.4, -0.2) is 10.1 Å². The summed E-state index contributed by atoms with van der Waals surface area (Å²) in [7, 11) is 0. The van der Waals surface area contributed by atoms with Crippen LogP contribution < -0.4 is 5.32 Å². The minimum Gasteiger partial charge on any atom is -0.508 e. The Bertz CT molecular complexity index is 666. The van der Waals surface area contributed by atoms with Gasteiger partial charge in [-0.25, -0.2) is 0 Å². The molecule has 0 fully saturated rings. The Morgan fingerprint density at radius 1 is 1.25 bits per heavy atom. The van der Waals surface area contributed by atoms with Gasteiger partial charge in [0.1, 0.15) is 5.75 Å². The van der Waals surface area contributed by atoms with Gasteiger partial charge < -0.3 is 10.4 Å². The minimum atomic E-state index is 0.278. The number of aromatic nitrogens is 1. The number of benzene rings is 1. The lowest BCUT2D eigenvalue weighted by atomic mass is 9.77. The van der Waals surface area contributed by atoms with E-state index in [1.165, 1.54) is 11.1 Å². The van der Waals surface area contributed by atoms with Gasteiger partial charge in [0, 0.05) is 24.0 Å². The summed E-state index contributed by atoms with van der Waals surface area (Å²) in [6, 6.07) is 9.99. The second-order valence-corrected chi connectivity index (χ2v) is 5.53. The van der Waals surface area contributed by atoms with Crippen molar-refractivity contribution in [2.75, 3.05) is 5.32 Å². The average molecular weight is 264 g/mol. The molecule has 2 aliphatic rings. The van der Waals surface area contributed by atoms with Gasteiger partial charge in [-0.2, -0.15) is 0 Å². The molecule has 4 rings (SSSR count). The van der Waals surface area contributed by atoms with Crippen LogP contribution in [0.3, 0.4) is 0 Å². The highest BCUT2D eigenvalue weighted by atomic mass is 16.3. The second-order valence-electron chi connectivity index (χ2n) is 5.53. The van der Waals surface area contributed by atoms with Crippen LogP contribution in [0, 0.1) is 5.92 Å². The van der Waals surface area contributed by atoms with Crippen molar-refractivity contribution < 1.29 is 5.11 Å². The first-order valence-electron chi connectivity index (χ1n) is 6.99. The molecule has 3 unspecified atom stereocenters. The van der Waals surface area contributed by atoms with E-state index in [0.717, 1.165) is 12.1 Å². The lowest BCUT2D eigenvalue weighted by molar-refractivity contribution is 0.421. The highest BCUT2D eigenvalue weighted by Crippen LogP contribution is 2.50. The summed E-state index contributed by atoms with van der Waals surface area (Å²) < 4.78 is 0. The quantitative estimate of drug-likeness (QED) is 0.611. The van der Waals surface area contributed by atoms with Crippen molar-refractivity contribution >= 4 is 5.69 Å². The van der Waals surface area contributed by atoms with Gasteiger partial charge in [0.25, 0.3) is 0 Å². The third kappa shape index (κ3) is 1.70. The largest absolute Gasteiger partial charge is 0.508 e. The molecule has 100 valence electrons. The van der Waals surface area contributed by atoms with E-state index in [0.29, 0.717) is 17.6 Å².